The molecule has 10 heteroatoms. The van der Waals surface area contributed by atoms with Crippen LogP contribution in [0.15, 0.2) is 65.7 Å². The number of pyridine rings is 1. The van der Waals surface area contributed by atoms with Gasteiger partial charge < -0.3 is 4.74 Å². The molecule has 2 heterocycles. The lowest BCUT2D eigenvalue weighted by Gasteiger charge is -2.31. The van der Waals surface area contributed by atoms with Gasteiger partial charge in [0.25, 0.3) is 5.91 Å². The molecule has 0 aliphatic carbocycles. The number of hydrogen-bond acceptors (Lipinski definition) is 7. The van der Waals surface area contributed by atoms with Crippen LogP contribution in [-0.2, 0) is 21.4 Å². The summed E-state index contributed by atoms with van der Waals surface area (Å²) in [5, 5.41) is 10.2. The quantitative estimate of drug-likeness (QED) is 0.300. The van der Waals surface area contributed by atoms with Gasteiger partial charge in [-0.1, -0.05) is 25.1 Å². The smallest absolute Gasteiger partial charge is 0.262 e. The molecule has 36 heavy (non-hydrogen) atoms. The Kier molecular flexibility index (Phi) is 8.52. The van der Waals surface area contributed by atoms with Gasteiger partial charge in [-0.2, -0.15) is 4.31 Å². The summed E-state index contributed by atoms with van der Waals surface area (Å²) in [4.78, 5) is 18.8. The Balaban J connectivity index is 1.49. The van der Waals surface area contributed by atoms with Gasteiger partial charge in [0.15, 0.2) is 0 Å². The van der Waals surface area contributed by atoms with E-state index in [4.69, 9.17) is 4.74 Å². The Labute approximate surface area is 211 Å². The summed E-state index contributed by atoms with van der Waals surface area (Å²) in [5.41, 5.74) is 3.58. The molecule has 1 aromatic heterocycles. The summed E-state index contributed by atoms with van der Waals surface area (Å²) < 4.78 is 34.2. The number of sulfonamides is 1. The number of para-hydroxylation sites is 1. The molecule has 0 saturated carbocycles. The first-order valence-corrected chi connectivity index (χ1v) is 13.6. The molecule has 0 spiro atoms. The molecule has 3 aromatic rings. The lowest BCUT2D eigenvalue weighted by Crippen LogP contribution is -2.52. The van der Waals surface area contributed by atoms with Crippen molar-refractivity contribution in [1.82, 2.24) is 19.7 Å². The number of hydroxylamine groups is 1. The summed E-state index contributed by atoms with van der Waals surface area (Å²) in [7, 11) is -3.86. The number of aromatic nitrogens is 1. The average molecular weight is 513 g/mol. The summed E-state index contributed by atoms with van der Waals surface area (Å²) in [6.45, 7) is 3.83. The second-order valence-corrected chi connectivity index (χ2v) is 10.8. The van der Waals surface area contributed by atoms with E-state index in [1.807, 2.05) is 42.2 Å². The number of carbonyl (C=O) groups is 1. The number of nitrogens with one attached hydrogen (secondary N) is 1. The van der Waals surface area contributed by atoms with Crippen LogP contribution in [0.4, 0.5) is 0 Å². The zero-order valence-corrected chi connectivity index (χ0v) is 21.2. The van der Waals surface area contributed by atoms with E-state index in [1.165, 1.54) is 16.4 Å². The third kappa shape index (κ3) is 5.84. The zero-order chi connectivity index (χ0) is 25.5. The molecular formula is C26H32N4O5S. The maximum Gasteiger partial charge on any atom is 0.262 e. The maximum atomic E-state index is 13.5. The van der Waals surface area contributed by atoms with Gasteiger partial charge in [0.2, 0.25) is 10.0 Å². The molecule has 1 amide bonds. The molecule has 4 rings (SSSR count). The SMILES string of the molecule is CCCN(CC(C(=O)NO)N1CCCC1)S(=O)(=O)c1ccc(OCc2ccnc3ccccc23)cc1. The number of hydrogen-bond donors (Lipinski definition) is 2. The van der Waals surface area contributed by atoms with Crippen LogP contribution < -0.4 is 10.2 Å². The Morgan fingerprint density at radius 1 is 1.14 bits per heavy atom. The minimum Gasteiger partial charge on any atom is -0.489 e. The van der Waals surface area contributed by atoms with Crippen molar-refractivity contribution in [3.8, 4) is 5.75 Å². The first-order valence-electron chi connectivity index (χ1n) is 12.2. The van der Waals surface area contributed by atoms with Crippen LogP contribution in [0.1, 0.15) is 31.7 Å². The monoisotopic (exact) mass is 512 g/mol. The van der Waals surface area contributed by atoms with E-state index in [0.717, 1.165) is 29.3 Å². The lowest BCUT2D eigenvalue weighted by atomic mass is 10.1. The highest BCUT2D eigenvalue weighted by Crippen LogP contribution is 2.24. The molecule has 1 aliphatic rings. The van der Waals surface area contributed by atoms with Crippen LogP contribution in [0.3, 0.4) is 0 Å². The van der Waals surface area contributed by atoms with Crippen LogP contribution in [0.2, 0.25) is 0 Å². The Morgan fingerprint density at radius 3 is 2.56 bits per heavy atom. The Morgan fingerprint density at radius 2 is 1.86 bits per heavy atom. The Bertz CT molecular complexity index is 1270. The number of fused-ring (bicyclic) bond motifs is 1. The lowest BCUT2D eigenvalue weighted by molar-refractivity contribution is -0.134. The van der Waals surface area contributed by atoms with Crippen LogP contribution in [0.5, 0.6) is 5.75 Å². The number of rotatable bonds is 11. The zero-order valence-electron chi connectivity index (χ0n) is 20.3. The van der Waals surface area contributed by atoms with Crippen molar-refractivity contribution in [2.45, 2.75) is 43.7 Å². The van der Waals surface area contributed by atoms with Crippen molar-refractivity contribution < 1.29 is 23.2 Å². The first kappa shape index (κ1) is 26.0. The third-order valence-electron chi connectivity index (χ3n) is 6.44. The normalized spacial score (nSPS) is 15.3. The van der Waals surface area contributed by atoms with Crippen molar-refractivity contribution in [3.05, 3.63) is 66.4 Å². The number of amides is 1. The minimum atomic E-state index is -3.86. The Hall–Kier alpha value is -3.05. The van der Waals surface area contributed by atoms with Gasteiger partial charge in [0, 0.05) is 30.2 Å². The predicted octanol–water partition coefficient (Wildman–Crippen LogP) is 3.18. The fraction of sp³-hybridized carbons (Fsp3) is 0.385. The minimum absolute atomic E-state index is 0.0318. The first-order chi connectivity index (χ1) is 17.4. The molecule has 1 aliphatic heterocycles. The maximum absolute atomic E-state index is 13.5. The van der Waals surface area contributed by atoms with Gasteiger partial charge >= 0.3 is 0 Å². The summed E-state index contributed by atoms with van der Waals surface area (Å²) in [6, 6.07) is 15.3. The number of carbonyl (C=O) groups excluding carboxylic acids is 1. The average Bonchev–Trinajstić information content (AvgIpc) is 3.44. The molecule has 192 valence electrons. The molecule has 1 fully saturated rings. The van der Waals surface area contributed by atoms with Crippen LogP contribution in [0.25, 0.3) is 10.9 Å². The van der Waals surface area contributed by atoms with E-state index < -0.39 is 22.0 Å². The third-order valence-corrected chi connectivity index (χ3v) is 8.32. The second kappa shape index (κ2) is 11.8. The highest BCUT2D eigenvalue weighted by molar-refractivity contribution is 7.89. The number of nitrogens with zero attached hydrogens (tertiary/aromatic N) is 3. The van der Waals surface area contributed by atoms with Gasteiger partial charge in [-0.05, 0) is 68.8 Å². The van der Waals surface area contributed by atoms with E-state index >= 15 is 0 Å². The van der Waals surface area contributed by atoms with Gasteiger partial charge in [0.05, 0.1) is 10.4 Å². The number of benzene rings is 2. The largest absolute Gasteiger partial charge is 0.489 e. The van der Waals surface area contributed by atoms with Gasteiger partial charge in [-0.15, -0.1) is 0 Å². The molecule has 1 atom stereocenters. The van der Waals surface area contributed by atoms with Crippen molar-refractivity contribution in [3.63, 3.8) is 0 Å². The van der Waals surface area contributed by atoms with Gasteiger partial charge in [-0.3, -0.25) is 19.9 Å². The topological polar surface area (TPSA) is 112 Å². The van der Waals surface area contributed by atoms with Crippen LogP contribution >= 0.6 is 0 Å². The van der Waals surface area contributed by atoms with Crippen molar-refractivity contribution in [1.29, 1.82) is 0 Å². The number of ether oxygens (including phenoxy) is 1. The van der Waals surface area contributed by atoms with Crippen LogP contribution in [-0.4, -0.2) is 65.9 Å². The predicted molar refractivity (Wildman–Crippen MR) is 136 cm³/mol. The highest BCUT2D eigenvalue weighted by atomic mass is 32.2. The molecule has 1 unspecified atom stereocenters. The van der Waals surface area contributed by atoms with E-state index in [-0.39, 0.29) is 18.0 Å². The molecule has 2 N–H and O–H groups in total. The fourth-order valence-electron chi connectivity index (χ4n) is 4.54. The van der Waals surface area contributed by atoms with E-state index in [9.17, 15) is 18.4 Å². The van der Waals surface area contributed by atoms with Crippen molar-refractivity contribution >= 4 is 26.8 Å². The van der Waals surface area contributed by atoms with E-state index in [1.54, 1.807) is 23.8 Å². The standard InChI is InChI=1S/C26H32N4O5S/c1-2-15-30(18-25(26(31)28-32)29-16-5-6-17-29)36(33,34)22-11-9-21(10-12-22)35-19-20-13-14-27-24-8-4-3-7-23(20)24/h3-4,7-14,25,32H,2,5-6,15-19H2,1H3,(H,28,31). The van der Waals surface area contributed by atoms with Crippen molar-refractivity contribution in [2.24, 2.45) is 0 Å². The number of likely N-dealkylation sites (tertiary alicyclic amines) is 1. The molecule has 0 bridgehead atoms. The summed E-state index contributed by atoms with van der Waals surface area (Å²) in [6.07, 6.45) is 4.21. The van der Waals surface area contributed by atoms with E-state index in [2.05, 4.69) is 4.98 Å². The molecule has 2 aromatic carbocycles. The van der Waals surface area contributed by atoms with E-state index in [0.29, 0.717) is 31.9 Å². The van der Waals surface area contributed by atoms with Gasteiger partial charge in [-0.25, -0.2) is 13.9 Å². The second-order valence-electron chi connectivity index (χ2n) is 8.85. The van der Waals surface area contributed by atoms with Crippen molar-refractivity contribution in [2.75, 3.05) is 26.2 Å². The fourth-order valence-corrected chi connectivity index (χ4v) is 6.08. The highest BCUT2D eigenvalue weighted by Gasteiger charge is 2.34. The summed E-state index contributed by atoms with van der Waals surface area (Å²) >= 11 is 0. The van der Waals surface area contributed by atoms with Crippen LogP contribution in [0, 0.1) is 0 Å². The molecule has 1 saturated heterocycles. The summed E-state index contributed by atoms with van der Waals surface area (Å²) in [5.74, 6) is -0.0490. The molecule has 0 radical (unpaired) electrons. The molecular weight excluding hydrogens is 480 g/mol. The van der Waals surface area contributed by atoms with Gasteiger partial charge in [0.1, 0.15) is 18.4 Å². The molecule has 9 nitrogen and oxygen atoms in total.